The van der Waals surface area contributed by atoms with Crippen LogP contribution in [0.1, 0.15) is 15.9 Å². The second kappa shape index (κ2) is 7.75. The molecule has 1 amide bonds. The highest BCUT2D eigenvalue weighted by atomic mass is 79.9. The first-order valence-electron chi connectivity index (χ1n) is 7.51. The number of aromatic nitrogens is 1. The third-order valence-electron chi connectivity index (χ3n) is 3.42. The Balaban J connectivity index is 1.67. The van der Waals surface area contributed by atoms with Crippen LogP contribution in [0.4, 0.5) is 11.5 Å². The molecule has 3 rings (SSSR count). The third-order valence-corrected chi connectivity index (χ3v) is 3.91. The van der Waals surface area contributed by atoms with Gasteiger partial charge in [0.05, 0.1) is 0 Å². The van der Waals surface area contributed by atoms with Crippen LogP contribution < -0.4 is 10.6 Å². The third kappa shape index (κ3) is 4.43. The smallest absolute Gasteiger partial charge is 0.255 e. The van der Waals surface area contributed by atoms with Gasteiger partial charge < -0.3 is 10.6 Å². The standard InChI is InChI=1S/C19H16BrN3O/c20-16-7-4-8-17(12-16)23-19(24)15-9-10-21-18(11-15)22-13-14-5-2-1-3-6-14/h1-12H,13H2,(H,21,22)(H,23,24). The van der Waals surface area contributed by atoms with E-state index < -0.39 is 0 Å². The van der Waals surface area contributed by atoms with E-state index in [4.69, 9.17) is 0 Å². The predicted octanol–water partition coefficient (Wildman–Crippen LogP) is 4.71. The van der Waals surface area contributed by atoms with Crippen molar-refractivity contribution >= 4 is 33.3 Å². The van der Waals surface area contributed by atoms with E-state index >= 15 is 0 Å². The summed E-state index contributed by atoms with van der Waals surface area (Å²) in [5.74, 6) is 0.499. The molecule has 0 spiro atoms. The summed E-state index contributed by atoms with van der Waals surface area (Å²) >= 11 is 3.39. The molecule has 0 aliphatic carbocycles. The molecule has 0 atom stereocenters. The maximum absolute atomic E-state index is 12.4. The van der Waals surface area contributed by atoms with Crippen molar-refractivity contribution in [2.24, 2.45) is 0 Å². The molecule has 0 bridgehead atoms. The van der Waals surface area contributed by atoms with E-state index in [0.717, 1.165) is 15.7 Å². The zero-order chi connectivity index (χ0) is 16.8. The molecule has 0 fully saturated rings. The fourth-order valence-electron chi connectivity index (χ4n) is 2.23. The van der Waals surface area contributed by atoms with Crippen molar-refractivity contribution in [3.8, 4) is 0 Å². The number of nitrogens with zero attached hydrogens (tertiary/aromatic N) is 1. The molecule has 4 nitrogen and oxygen atoms in total. The summed E-state index contributed by atoms with van der Waals surface area (Å²) < 4.78 is 0.917. The molecule has 1 heterocycles. The molecule has 5 heteroatoms. The molecule has 2 aromatic carbocycles. The first-order chi connectivity index (χ1) is 11.7. The fourth-order valence-corrected chi connectivity index (χ4v) is 2.63. The van der Waals surface area contributed by atoms with Crippen molar-refractivity contribution < 1.29 is 4.79 Å². The van der Waals surface area contributed by atoms with Gasteiger partial charge in [0.2, 0.25) is 0 Å². The second-order valence-corrected chi connectivity index (χ2v) is 6.15. The van der Waals surface area contributed by atoms with Gasteiger partial charge in [0.15, 0.2) is 0 Å². The zero-order valence-corrected chi connectivity index (χ0v) is 14.5. The van der Waals surface area contributed by atoms with Crippen molar-refractivity contribution in [1.82, 2.24) is 4.98 Å². The van der Waals surface area contributed by atoms with Crippen molar-refractivity contribution in [3.05, 3.63) is 88.5 Å². The lowest BCUT2D eigenvalue weighted by Gasteiger charge is -2.09. The number of hydrogen-bond acceptors (Lipinski definition) is 3. The summed E-state index contributed by atoms with van der Waals surface area (Å²) in [5, 5.41) is 6.11. The van der Waals surface area contributed by atoms with Gasteiger partial charge >= 0.3 is 0 Å². The minimum absolute atomic E-state index is 0.168. The molecule has 2 N–H and O–H groups in total. The first kappa shape index (κ1) is 16.2. The first-order valence-corrected chi connectivity index (χ1v) is 8.31. The number of amides is 1. The molecular formula is C19H16BrN3O. The summed E-state index contributed by atoms with van der Waals surface area (Å²) in [4.78, 5) is 16.6. The summed E-state index contributed by atoms with van der Waals surface area (Å²) in [7, 11) is 0. The van der Waals surface area contributed by atoms with Gasteiger partial charge in [-0.05, 0) is 35.9 Å². The molecule has 3 aromatic rings. The number of benzene rings is 2. The van der Waals surface area contributed by atoms with Crippen LogP contribution in [0.5, 0.6) is 0 Å². The largest absolute Gasteiger partial charge is 0.366 e. The van der Waals surface area contributed by atoms with E-state index in [1.54, 1.807) is 18.3 Å². The topological polar surface area (TPSA) is 54.0 Å². The maximum atomic E-state index is 12.4. The van der Waals surface area contributed by atoms with E-state index in [-0.39, 0.29) is 5.91 Å². The van der Waals surface area contributed by atoms with Gasteiger partial charge in [-0.2, -0.15) is 0 Å². The van der Waals surface area contributed by atoms with Crippen molar-refractivity contribution in [2.45, 2.75) is 6.54 Å². The van der Waals surface area contributed by atoms with Gasteiger partial charge in [-0.25, -0.2) is 4.98 Å². The minimum atomic E-state index is -0.168. The molecule has 120 valence electrons. The Morgan fingerprint density at radius 1 is 1.00 bits per heavy atom. The number of carbonyl (C=O) groups excluding carboxylic acids is 1. The molecule has 0 aliphatic rings. The molecule has 1 aromatic heterocycles. The predicted molar refractivity (Wildman–Crippen MR) is 100 cm³/mol. The van der Waals surface area contributed by atoms with Gasteiger partial charge in [-0.15, -0.1) is 0 Å². The Morgan fingerprint density at radius 2 is 1.83 bits per heavy atom. The number of nitrogens with one attached hydrogen (secondary N) is 2. The molecule has 0 saturated heterocycles. The summed E-state index contributed by atoms with van der Waals surface area (Å²) in [6.07, 6.45) is 1.63. The fraction of sp³-hybridized carbons (Fsp3) is 0.0526. The molecule has 0 saturated carbocycles. The number of pyridine rings is 1. The van der Waals surface area contributed by atoms with Crippen LogP contribution in [0.15, 0.2) is 77.4 Å². The minimum Gasteiger partial charge on any atom is -0.366 e. The zero-order valence-electron chi connectivity index (χ0n) is 12.9. The van der Waals surface area contributed by atoms with Gasteiger partial charge in [0, 0.05) is 28.5 Å². The lowest BCUT2D eigenvalue weighted by Crippen LogP contribution is -2.12. The van der Waals surface area contributed by atoms with Crippen molar-refractivity contribution in [2.75, 3.05) is 10.6 Å². The Bertz CT molecular complexity index is 837. The van der Waals surface area contributed by atoms with Crippen LogP contribution in [-0.2, 0) is 6.54 Å². The van der Waals surface area contributed by atoms with E-state index in [0.29, 0.717) is 17.9 Å². The maximum Gasteiger partial charge on any atom is 0.255 e. The van der Waals surface area contributed by atoms with Crippen molar-refractivity contribution in [1.29, 1.82) is 0 Å². The van der Waals surface area contributed by atoms with Crippen LogP contribution in [0.25, 0.3) is 0 Å². The van der Waals surface area contributed by atoms with E-state index in [2.05, 4.69) is 31.5 Å². The van der Waals surface area contributed by atoms with Crippen LogP contribution in [0.2, 0.25) is 0 Å². The summed E-state index contributed by atoms with van der Waals surface area (Å²) in [5.41, 5.74) is 2.45. The molecule has 0 aliphatic heterocycles. The second-order valence-electron chi connectivity index (χ2n) is 5.23. The molecule has 0 unspecified atom stereocenters. The van der Waals surface area contributed by atoms with Gasteiger partial charge in [0.1, 0.15) is 5.82 Å². The Morgan fingerprint density at radius 3 is 2.62 bits per heavy atom. The Kier molecular flexibility index (Phi) is 5.23. The van der Waals surface area contributed by atoms with Crippen LogP contribution in [0, 0.1) is 0 Å². The van der Waals surface area contributed by atoms with Gasteiger partial charge in [-0.3, -0.25) is 4.79 Å². The van der Waals surface area contributed by atoms with Crippen LogP contribution in [-0.4, -0.2) is 10.9 Å². The number of anilines is 2. The van der Waals surface area contributed by atoms with E-state index in [1.807, 2.05) is 54.6 Å². The molecular weight excluding hydrogens is 366 g/mol. The summed E-state index contributed by atoms with van der Waals surface area (Å²) in [6.45, 7) is 0.657. The molecule has 24 heavy (non-hydrogen) atoms. The quantitative estimate of drug-likeness (QED) is 0.672. The highest BCUT2D eigenvalue weighted by molar-refractivity contribution is 9.10. The highest BCUT2D eigenvalue weighted by Crippen LogP contribution is 2.17. The lowest BCUT2D eigenvalue weighted by molar-refractivity contribution is 0.102. The van der Waals surface area contributed by atoms with Gasteiger partial charge in [0.25, 0.3) is 5.91 Å². The van der Waals surface area contributed by atoms with E-state index in [1.165, 1.54) is 0 Å². The molecule has 0 radical (unpaired) electrons. The highest BCUT2D eigenvalue weighted by Gasteiger charge is 2.07. The monoisotopic (exact) mass is 381 g/mol. The lowest BCUT2D eigenvalue weighted by atomic mass is 10.2. The number of carbonyl (C=O) groups is 1. The summed E-state index contributed by atoms with van der Waals surface area (Å²) in [6, 6.07) is 21.0. The normalized spacial score (nSPS) is 10.2. The van der Waals surface area contributed by atoms with Crippen LogP contribution >= 0.6 is 15.9 Å². The van der Waals surface area contributed by atoms with Crippen LogP contribution in [0.3, 0.4) is 0 Å². The van der Waals surface area contributed by atoms with Crippen molar-refractivity contribution in [3.63, 3.8) is 0 Å². The van der Waals surface area contributed by atoms with E-state index in [9.17, 15) is 4.79 Å². The number of halogens is 1. The SMILES string of the molecule is O=C(Nc1cccc(Br)c1)c1ccnc(NCc2ccccc2)c1. The number of rotatable bonds is 5. The van der Waals surface area contributed by atoms with Gasteiger partial charge in [-0.1, -0.05) is 52.3 Å². The Labute approximate surface area is 149 Å². The average Bonchev–Trinajstić information content (AvgIpc) is 2.61. The Hall–Kier alpha value is -2.66. The number of hydrogen-bond donors (Lipinski definition) is 2. The average molecular weight is 382 g/mol.